The van der Waals surface area contributed by atoms with E-state index in [0.29, 0.717) is 0 Å². The molecular formula is C28H28S2. The summed E-state index contributed by atoms with van der Waals surface area (Å²) in [5.74, 6) is 0. The van der Waals surface area contributed by atoms with E-state index in [-0.39, 0.29) is 10.8 Å². The second kappa shape index (κ2) is 6.93. The molecule has 0 saturated heterocycles. The minimum Gasteiger partial charge on any atom is -0.144 e. The van der Waals surface area contributed by atoms with Gasteiger partial charge in [0.05, 0.1) is 0 Å². The largest absolute Gasteiger partial charge is 0.144 e. The average Bonchev–Trinajstić information content (AvgIpc) is 3.28. The predicted molar refractivity (Wildman–Crippen MR) is 137 cm³/mol. The summed E-state index contributed by atoms with van der Waals surface area (Å²) in [6.45, 7) is 11.7. The SMILES string of the molecule is CC(C)(C)c1csc2ccc(CC(C)(C)c3ccc4sc5ccccc5c4c3)cc12. The Kier molecular flexibility index (Phi) is 4.57. The topological polar surface area (TPSA) is 0 Å². The van der Waals surface area contributed by atoms with Crippen LogP contribution in [0.25, 0.3) is 30.3 Å². The Labute approximate surface area is 187 Å². The van der Waals surface area contributed by atoms with Crippen LogP contribution in [-0.4, -0.2) is 0 Å². The number of benzene rings is 3. The van der Waals surface area contributed by atoms with Crippen molar-refractivity contribution >= 4 is 52.9 Å². The standard InChI is InChI=1S/C28H28S2/c1-27(2,3)23-17-29-24-12-10-18(14-22(23)24)16-28(4,5)19-11-13-26-21(15-19)20-8-6-7-9-25(20)30-26/h6-15,17H,16H2,1-5H3. The van der Waals surface area contributed by atoms with Crippen LogP contribution in [0.3, 0.4) is 0 Å². The van der Waals surface area contributed by atoms with Gasteiger partial charge in [-0.2, -0.15) is 0 Å². The number of hydrogen-bond donors (Lipinski definition) is 0. The Morgan fingerprint density at radius 3 is 2.23 bits per heavy atom. The first kappa shape index (κ1) is 19.8. The molecule has 2 aromatic heterocycles. The van der Waals surface area contributed by atoms with Gasteiger partial charge in [-0.05, 0) is 75.0 Å². The molecule has 3 aromatic carbocycles. The van der Waals surface area contributed by atoms with Crippen LogP contribution >= 0.6 is 22.7 Å². The molecule has 0 nitrogen and oxygen atoms in total. The van der Waals surface area contributed by atoms with Crippen molar-refractivity contribution in [2.45, 2.75) is 51.9 Å². The highest BCUT2D eigenvalue weighted by Gasteiger charge is 2.24. The van der Waals surface area contributed by atoms with E-state index in [9.17, 15) is 0 Å². The Morgan fingerprint density at radius 1 is 0.700 bits per heavy atom. The van der Waals surface area contributed by atoms with Crippen molar-refractivity contribution in [3.63, 3.8) is 0 Å². The third-order valence-corrected chi connectivity index (χ3v) is 8.37. The van der Waals surface area contributed by atoms with Crippen molar-refractivity contribution in [3.05, 3.63) is 82.7 Å². The molecule has 5 rings (SSSR count). The fraction of sp³-hybridized carbons (Fsp3) is 0.286. The highest BCUT2D eigenvalue weighted by molar-refractivity contribution is 7.25. The molecule has 0 radical (unpaired) electrons. The molecule has 0 amide bonds. The Bertz CT molecular complexity index is 1370. The second-order valence-corrected chi connectivity index (χ2v) is 12.1. The summed E-state index contributed by atoms with van der Waals surface area (Å²) in [5.41, 5.74) is 4.56. The first-order chi connectivity index (χ1) is 14.2. The lowest BCUT2D eigenvalue weighted by Gasteiger charge is -2.26. The van der Waals surface area contributed by atoms with Crippen LogP contribution in [0.15, 0.2) is 66.0 Å². The molecule has 30 heavy (non-hydrogen) atoms. The van der Waals surface area contributed by atoms with E-state index in [1.807, 2.05) is 22.7 Å². The molecule has 0 bridgehead atoms. The summed E-state index contributed by atoms with van der Waals surface area (Å²) in [4.78, 5) is 0. The second-order valence-electron chi connectivity index (χ2n) is 10.1. The van der Waals surface area contributed by atoms with Gasteiger partial charge in [-0.1, -0.05) is 65.0 Å². The van der Waals surface area contributed by atoms with Gasteiger partial charge in [-0.3, -0.25) is 0 Å². The van der Waals surface area contributed by atoms with E-state index in [1.54, 1.807) is 0 Å². The van der Waals surface area contributed by atoms with E-state index in [4.69, 9.17) is 0 Å². The average molecular weight is 429 g/mol. The van der Waals surface area contributed by atoms with E-state index < -0.39 is 0 Å². The van der Waals surface area contributed by atoms with Gasteiger partial charge in [0, 0.05) is 24.9 Å². The van der Waals surface area contributed by atoms with Crippen LogP contribution in [-0.2, 0) is 17.3 Å². The maximum Gasteiger partial charge on any atom is 0.0355 e. The van der Waals surface area contributed by atoms with Crippen LogP contribution in [0.2, 0.25) is 0 Å². The summed E-state index contributed by atoms with van der Waals surface area (Å²) >= 11 is 3.76. The van der Waals surface area contributed by atoms with Crippen molar-refractivity contribution in [1.82, 2.24) is 0 Å². The summed E-state index contributed by atoms with van der Waals surface area (Å²) in [6.07, 6.45) is 1.04. The van der Waals surface area contributed by atoms with E-state index in [2.05, 4.69) is 101 Å². The lowest BCUT2D eigenvalue weighted by atomic mass is 9.78. The zero-order valence-electron chi connectivity index (χ0n) is 18.4. The Balaban J connectivity index is 1.54. The maximum absolute atomic E-state index is 2.44. The minimum atomic E-state index is 0.0722. The Hall–Kier alpha value is -2.16. The molecule has 0 fully saturated rings. The van der Waals surface area contributed by atoms with Crippen LogP contribution in [0.4, 0.5) is 0 Å². The molecule has 5 aromatic rings. The van der Waals surface area contributed by atoms with Gasteiger partial charge in [0.15, 0.2) is 0 Å². The maximum atomic E-state index is 2.44. The molecule has 2 heterocycles. The van der Waals surface area contributed by atoms with Gasteiger partial charge in [0.25, 0.3) is 0 Å². The van der Waals surface area contributed by atoms with Crippen molar-refractivity contribution in [3.8, 4) is 0 Å². The quantitative estimate of drug-likeness (QED) is 0.269. The summed E-state index contributed by atoms with van der Waals surface area (Å²) in [6, 6.07) is 22.9. The van der Waals surface area contributed by atoms with Gasteiger partial charge in [-0.25, -0.2) is 0 Å². The number of fused-ring (bicyclic) bond motifs is 4. The van der Waals surface area contributed by atoms with Crippen LogP contribution < -0.4 is 0 Å². The number of rotatable bonds is 3. The molecular weight excluding hydrogens is 400 g/mol. The normalized spacial score (nSPS) is 13.0. The van der Waals surface area contributed by atoms with Crippen molar-refractivity contribution < 1.29 is 0 Å². The molecule has 0 saturated carbocycles. The molecule has 2 heteroatoms. The molecule has 152 valence electrons. The highest BCUT2D eigenvalue weighted by Crippen LogP contribution is 2.39. The van der Waals surface area contributed by atoms with Crippen LogP contribution in [0, 0.1) is 0 Å². The fourth-order valence-electron chi connectivity index (χ4n) is 4.53. The zero-order valence-corrected chi connectivity index (χ0v) is 20.0. The lowest BCUT2D eigenvalue weighted by Crippen LogP contribution is -2.20. The minimum absolute atomic E-state index is 0.0722. The molecule has 0 aliphatic heterocycles. The van der Waals surface area contributed by atoms with E-state index in [1.165, 1.54) is 46.9 Å². The van der Waals surface area contributed by atoms with E-state index in [0.717, 1.165) is 6.42 Å². The zero-order chi connectivity index (χ0) is 21.1. The van der Waals surface area contributed by atoms with Crippen molar-refractivity contribution in [1.29, 1.82) is 0 Å². The third kappa shape index (κ3) is 3.36. The number of thiophene rings is 2. The summed E-state index contributed by atoms with van der Waals surface area (Å²) in [5, 5.41) is 6.55. The van der Waals surface area contributed by atoms with Gasteiger partial charge in [-0.15, -0.1) is 22.7 Å². The molecule has 0 spiro atoms. The first-order valence-corrected chi connectivity index (χ1v) is 12.3. The molecule has 0 N–H and O–H groups in total. The monoisotopic (exact) mass is 428 g/mol. The third-order valence-electron chi connectivity index (χ3n) is 6.25. The van der Waals surface area contributed by atoms with Gasteiger partial charge < -0.3 is 0 Å². The van der Waals surface area contributed by atoms with Gasteiger partial charge >= 0.3 is 0 Å². The summed E-state index contributed by atoms with van der Waals surface area (Å²) < 4.78 is 4.15. The van der Waals surface area contributed by atoms with Gasteiger partial charge in [0.1, 0.15) is 0 Å². The molecule has 0 aliphatic rings. The predicted octanol–water partition coefficient (Wildman–Crippen LogP) is 9.09. The van der Waals surface area contributed by atoms with Crippen LogP contribution in [0.5, 0.6) is 0 Å². The molecule has 0 aliphatic carbocycles. The molecule has 0 atom stereocenters. The van der Waals surface area contributed by atoms with Crippen molar-refractivity contribution in [2.75, 3.05) is 0 Å². The fourth-order valence-corrected chi connectivity index (χ4v) is 6.78. The van der Waals surface area contributed by atoms with Crippen LogP contribution in [0.1, 0.15) is 51.3 Å². The van der Waals surface area contributed by atoms with Gasteiger partial charge in [0.2, 0.25) is 0 Å². The molecule has 0 unspecified atom stereocenters. The summed E-state index contributed by atoms with van der Waals surface area (Å²) in [7, 11) is 0. The smallest absolute Gasteiger partial charge is 0.0355 e. The first-order valence-electron chi connectivity index (χ1n) is 10.6. The van der Waals surface area contributed by atoms with Crippen molar-refractivity contribution in [2.24, 2.45) is 0 Å². The lowest BCUT2D eigenvalue weighted by molar-refractivity contribution is 0.523. The van der Waals surface area contributed by atoms with E-state index >= 15 is 0 Å². The highest BCUT2D eigenvalue weighted by atomic mass is 32.1. The Morgan fingerprint density at radius 2 is 1.43 bits per heavy atom. The number of hydrogen-bond acceptors (Lipinski definition) is 2.